The third kappa shape index (κ3) is 3.22. The number of carboxylic acids is 1. The number of carbonyl (C=O) groups is 2. The summed E-state index contributed by atoms with van der Waals surface area (Å²) >= 11 is 0. The normalized spacial score (nSPS) is 17.6. The molecular formula is C14H12FNO6. The number of aromatic hydroxyl groups is 1. The number of phenols is 1. The fraction of sp³-hybridized carbons (Fsp3) is 0.214. The molecule has 0 bridgehead atoms. The Morgan fingerprint density at radius 3 is 2.73 bits per heavy atom. The lowest BCUT2D eigenvalue weighted by Crippen LogP contribution is -2.21. The molecule has 1 unspecified atom stereocenters. The van der Waals surface area contributed by atoms with Crippen molar-refractivity contribution in [3.63, 3.8) is 0 Å². The van der Waals surface area contributed by atoms with Gasteiger partial charge in [-0.3, -0.25) is 0 Å². The smallest absolute Gasteiger partial charge is 0.345 e. The molecule has 1 aromatic carbocycles. The quantitative estimate of drug-likeness (QED) is 0.497. The van der Waals surface area contributed by atoms with Gasteiger partial charge >= 0.3 is 11.9 Å². The van der Waals surface area contributed by atoms with Crippen molar-refractivity contribution in [2.75, 3.05) is 0 Å². The standard InChI is InChI=1S/C14H12FNO6/c1-7(17)22-16-13(10-5-6-11(21-10)14(19)20)12-8(15)3-2-4-9(12)18/h2-5,11,18H,6H2,1H3,(H,19,20)/b16-13-. The summed E-state index contributed by atoms with van der Waals surface area (Å²) in [5, 5.41) is 22.2. The van der Waals surface area contributed by atoms with Crippen LogP contribution in [0.5, 0.6) is 5.75 Å². The van der Waals surface area contributed by atoms with Crippen LogP contribution in [0.3, 0.4) is 0 Å². The van der Waals surface area contributed by atoms with Crippen LogP contribution in [0.15, 0.2) is 35.2 Å². The van der Waals surface area contributed by atoms with Crippen LogP contribution in [0.2, 0.25) is 0 Å². The van der Waals surface area contributed by atoms with Gasteiger partial charge in [0.2, 0.25) is 0 Å². The second-order valence-electron chi connectivity index (χ2n) is 4.41. The van der Waals surface area contributed by atoms with Crippen LogP contribution in [-0.2, 0) is 19.2 Å². The van der Waals surface area contributed by atoms with Crippen LogP contribution in [0.4, 0.5) is 4.39 Å². The second-order valence-corrected chi connectivity index (χ2v) is 4.41. The van der Waals surface area contributed by atoms with E-state index in [4.69, 9.17) is 9.84 Å². The van der Waals surface area contributed by atoms with E-state index >= 15 is 0 Å². The maximum absolute atomic E-state index is 14.0. The fourth-order valence-electron chi connectivity index (χ4n) is 1.84. The van der Waals surface area contributed by atoms with Crippen molar-refractivity contribution in [3.05, 3.63) is 41.4 Å². The van der Waals surface area contributed by atoms with E-state index in [9.17, 15) is 19.1 Å². The summed E-state index contributed by atoms with van der Waals surface area (Å²) in [4.78, 5) is 26.3. The number of allylic oxidation sites excluding steroid dienone is 1. The molecule has 1 aromatic rings. The summed E-state index contributed by atoms with van der Waals surface area (Å²) in [5.74, 6) is -3.32. The Labute approximate surface area is 124 Å². The van der Waals surface area contributed by atoms with Crippen LogP contribution in [0, 0.1) is 5.82 Å². The summed E-state index contributed by atoms with van der Waals surface area (Å²) in [6.07, 6.45) is 0.262. The number of halogens is 1. The summed E-state index contributed by atoms with van der Waals surface area (Å²) in [7, 11) is 0. The number of carbonyl (C=O) groups excluding carboxylic acids is 1. The van der Waals surface area contributed by atoms with Crippen molar-refractivity contribution < 1.29 is 33.8 Å². The van der Waals surface area contributed by atoms with Crippen molar-refractivity contribution >= 4 is 17.7 Å². The van der Waals surface area contributed by atoms with E-state index in [1.165, 1.54) is 18.2 Å². The molecule has 0 fully saturated rings. The summed E-state index contributed by atoms with van der Waals surface area (Å²) in [5.41, 5.74) is -0.643. The van der Waals surface area contributed by atoms with Gasteiger partial charge in [0.1, 0.15) is 17.3 Å². The largest absolute Gasteiger partial charge is 0.507 e. The Morgan fingerprint density at radius 2 is 2.18 bits per heavy atom. The van der Waals surface area contributed by atoms with Crippen LogP contribution < -0.4 is 0 Å². The molecule has 0 aliphatic carbocycles. The molecule has 8 heteroatoms. The van der Waals surface area contributed by atoms with E-state index in [-0.39, 0.29) is 23.5 Å². The third-order valence-electron chi connectivity index (χ3n) is 2.79. The second kappa shape index (κ2) is 6.25. The molecule has 1 aliphatic rings. The fourth-order valence-corrected chi connectivity index (χ4v) is 1.84. The molecule has 1 aliphatic heterocycles. The number of benzene rings is 1. The monoisotopic (exact) mass is 309 g/mol. The minimum absolute atomic E-state index is 0.0406. The molecule has 0 saturated carbocycles. The van der Waals surface area contributed by atoms with Crippen LogP contribution in [0.1, 0.15) is 18.9 Å². The number of rotatable bonds is 4. The van der Waals surface area contributed by atoms with E-state index in [2.05, 4.69) is 9.99 Å². The number of hydrogen-bond donors (Lipinski definition) is 2. The molecule has 1 heterocycles. The molecular weight excluding hydrogens is 297 g/mol. The third-order valence-corrected chi connectivity index (χ3v) is 2.79. The van der Waals surface area contributed by atoms with Crippen LogP contribution >= 0.6 is 0 Å². The predicted octanol–water partition coefficient (Wildman–Crippen LogP) is 1.56. The zero-order valence-corrected chi connectivity index (χ0v) is 11.4. The van der Waals surface area contributed by atoms with Gasteiger partial charge in [-0.2, -0.15) is 0 Å². The Morgan fingerprint density at radius 1 is 1.45 bits per heavy atom. The first-order valence-electron chi connectivity index (χ1n) is 6.23. The zero-order chi connectivity index (χ0) is 16.3. The topological polar surface area (TPSA) is 105 Å². The SMILES string of the molecule is CC(=O)O/N=C(/C1=CCC(C(=O)O)O1)c1c(O)cccc1F. The van der Waals surface area contributed by atoms with Crippen molar-refractivity contribution in [2.24, 2.45) is 5.16 Å². The average Bonchev–Trinajstić information content (AvgIpc) is 2.91. The first kappa shape index (κ1) is 15.5. The summed E-state index contributed by atoms with van der Waals surface area (Å²) in [6, 6.07) is 3.57. The Bertz CT molecular complexity index is 662. The lowest BCUT2D eigenvalue weighted by molar-refractivity contribution is -0.146. The molecule has 0 amide bonds. The minimum atomic E-state index is -1.20. The van der Waals surface area contributed by atoms with Crippen molar-refractivity contribution in [1.82, 2.24) is 0 Å². The van der Waals surface area contributed by atoms with E-state index < -0.39 is 29.6 Å². The highest BCUT2D eigenvalue weighted by molar-refractivity contribution is 6.13. The minimum Gasteiger partial charge on any atom is -0.507 e. The number of aliphatic carboxylic acids is 1. The van der Waals surface area contributed by atoms with Gasteiger partial charge < -0.3 is 19.8 Å². The zero-order valence-electron chi connectivity index (χ0n) is 11.4. The summed E-state index contributed by atoms with van der Waals surface area (Å²) in [6.45, 7) is 1.09. The molecule has 0 spiro atoms. The van der Waals surface area contributed by atoms with Gasteiger partial charge in [0.15, 0.2) is 11.8 Å². The van der Waals surface area contributed by atoms with E-state index in [0.717, 1.165) is 13.0 Å². The number of oxime groups is 1. The maximum Gasteiger partial charge on any atom is 0.345 e. The van der Waals surface area contributed by atoms with Crippen LogP contribution in [-0.4, -0.2) is 34.0 Å². The molecule has 0 aromatic heterocycles. The van der Waals surface area contributed by atoms with Crippen molar-refractivity contribution in [1.29, 1.82) is 0 Å². The van der Waals surface area contributed by atoms with Crippen molar-refractivity contribution in [2.45, 2.75) is 19.4 Å². The molecule has 2 N–H and O–H groups in total. The Balaban J connectivity index is 2.43. The van der Waals surface area contributed by atoms with Gasteiger partial charge in [-0.05, 0) is 18.2 Å². The van der Waals surface area contributed by atoms with Gasteiger partial charge in [-0.25, -0.2) is 14.0 Å². The Hall–Kier alpha value is -2.90. The number of hydrogen-bond acceptors (Lipinski definition) is 6. The van der Waals surface area contributed by atoms with Crippen LogP contribution in [0.25, 0.3) is 0 Å². The highest BCUT2D eigenvalue weighted by Crippen LogP contribution is 2.28. The van der Waals surface area contributed by atoms with E-state index in [1.807, 2.05) is 0 Å². The average molecular weight is 309 g/mol. The van der Waals surface area contributed by atoms with E-state index in [1.54, 1.807) is 0 Å². The van der Waals surface area contributed by atoms with Gasteiger partial charge in [-0.15, -0.1) is 0 Å². The molecule has 1 atom stereocenters. The van der Waals surface area contributed by atoms with Gasteiger partial charge in [0.05, 0.1) is 5.56 Å². The maximum atomic E-state index is 14.0. The number of carboxylic acid groups (broad SMARTS) is 1. The molecule has 0 radical (unpaired) electrons. The molecule has 116 valence electrons. The molecule has 0 saturated heterocycles. The van der Waals surface area contributed by atoms with Gasteiger partial charge in [-0.1, -0.05) is 11.2 Å². The highest BCUT2D eigenvalue weighted by Gasteiger charge is 2.30. The van der Waals surface area contributed by atoms with E-state index in [0.29, 0.717) is 0 Å². The summed E-state index contributed by atoms with van der Waals surface area (Å²) < 4.78 is 19.1. The van der Waals surface area contributed by atoms with Crippen molar-refractivity contribution in [3.8, 4) is 5.75 Å². The lowest BCUT2D eigenvalue weighted by Gasteiger charge is -2.12. The number of phenolic OH excluding ortho intramolecular Hbond substituents is 1. The Kier molecular flexibility index (Phi) is 4.40. The predicted molar refractivity (Wildman–Crippen MR) is 71.6 cm³/mol. The number of ether oxygens (including phenoxy) is 1. The first-order valence-corrected chi connectivity index (χ1v) is 6.23. The molecule has 2 rings (SSSR count). The molecule has 22 heavy (non-hydrogen) atoms. The molecule has 7 nitrogen and oxygen atoms in total. The van der Waals surface area contributed by atoms with Gasteiger partial charge in [0.25, 0.3) is 0 Å². The first-order chi connectivity index (χ1) is 10.4. The number of nitrogens with zero attached hydrogens (tertiary/aromatic N) is 1. The lowest BCUT2D eigenvalue weighted by atomic mass is 10.1. The highest BCUT2D eigenvalue weighted by atomic mass is 19.1. The van der Waals surface area contributed by atoms with Gasteiger partial charge in [0, 0.05) is 13.3 Å².